The van der Waals surface area contributed by atoms with E-state index in [1.807, 2.05) is 5.43 Å². The van der Waals surface area contributed by atoms with Crippen LogP contribution in [0.25, 0.3) is 0 Å². The highest BCUT2D eigenvalue weighted by molar-refractivity contribution is 7.96. The molecule has 0 radical (unpaired) electrons. The molecule has 1 atom stereocenters. The molecule has 0 aliphatic heterocycles. The molecule has 1 aromatic carbocycles. The molecular formula is C14H15F2N5O3S. The lowest BCUT2D eigenvalue weighted by atomic mass is 10.1. The zero-order valence-electron chi connectivity index (χ0n) is 13.0. The molecule has 0 saturated carbocycles. The van der Waals surface area contributed by atoms with E-state index < -0.39 is 34.5 Å². The molecule has 0 bridgehead atoms. The van der Waals surface area contributed by atoms with Crippen molar-refractivity contribution < 1.29 is 18.4 Å². The highest BCUT2D eigenvalue weighted by atomic mass is 32.1. The number of amides is 2. The van der Waals surface area contributed by atoms with Crippen LogP contribution in [-0.4, -0.2) is 25.9 Å². The third kappa shape index (κ3) is 5.14. The van der Waals surface area contributed by atoms with Crippen molar-refractivity contribution in [2.45, 2.75) is 25.8 Å². The standard InChI is InChI=1S/C14H15F2N5O3S/c1-7(4-12(22)18-19-14(24)25)21-13(23)17-11(20-21)5-8-2-3-9(15)6-10(8)16/h2-3,6-7H,4-5H2,1H3,(H,18,22)(H,17,20,23)(H2,19,24,25). The molecule has 2 aromatic rings. The molecule has 0 saturated heterocycles. The third-order valence-corrected chi connectivity index (χ3v) is 3.38. The van der Waals surface area contributed by atoms with Crippen LogP contribution < -0.4 is 16.5 Å². The number of hydrogen-bond acceptors (Lipinski definition) is 4. The van der Waals surface area contributed by atoms with Gasteiger partial charge in [-0.25, -0.2) is 18.3 Å². The Balaban J connectivity index is 2.07. The monoisotopic (exact) mass is 371 g/mol. The molecule has 25 heavy (non-hydrogen) atoms. The van der Waals surface area contributed by atoms with Gasteiger partial charge in [0.25, 0.3) is 5.24 Å². The lowest BCUT2D eigenvalue weighted by molar-refractivity contribution is -0.122. The van der Waals surface area contributed by atoms with Crippen molar-refractivity contribution in [2.24, 2.45) is 0 Å². The van der Waals surface area contributed by atoms with Crippen molar-refractivity contribution in [2.75, 3.05) is 0 Å². The van der Waals surface area contributed by atoms with Crippen LogP contribution in [0.5, 0.6) is 0 Å². The van der Waals surface area contributed by atoms with E-state index in [0.29, 0.717) is 0 Å². The molecule has 2 rings (SSSR count). The van der Waals surface area contributed by atoms with Crippen LogP contribution in [0.4, 0.5) is 13.6 Å². The number of carbonyl (C=O) groups excluding carboxylic acids is 2. The Kier molecular flexibility index (Phi) is 5.91. The van der Waals surface area contributed by atoms with Crippen molar-refractivity contribution in [1.29, 1.82) is 0 Å². The summed E-state index contributed by atoms with van der Waals surface area (Å²) in [7, 11) is 0. The second kappa shape index (κ2) is 7.92. The van der Waals surface area contributed by atoms with Gasteiger partial charge in [0.1, 0.15) is 17.5 Å². The Hall–Kier alpha value is -2.69. The van der Waals surface area contributed by atoms with Crippen LogP contribution >= 0.6 is 12.6 Å². The number of hydrazine groups is 1. The van der Waals surface area contributed by atoms with E-state index in [4.69, 9.17) is 0 Å². The Morgan fingerprint density at radius 2 is 2.08 bits per heavy atom. The first-order valence-electron chi connectivity index (χ1n) is 7.15. The van der Waals surface area contributed by atoms with Crippen molar-refractivity contribution >= 4 is 23.8 Å². The first-order valence-corrected chi connectivity index (χ1v) is 7.60. The van der Waals surface area contributed by atoms with E-state index in [1.54, 1.807) is 6.92 Å². The molecule has 0 aliphatic rings. The van der Waals surface area contributed by atoms with Gasteiger partial charge in [-0.15, -0.1) is 0 Å². The number of rotatable bonds is 5. The van der Waals surface area contributed by atoms with Gasteiger partial charge in [-0.2, -0.15) is 5.10 Å². The van der Waals surface area contributed by atoms with Gasteiger partial charge in [0.2, 0.25) is 5.91 Å². The predicted molar refractivity (Wildman–Crippen MR) is 87.0 cm³/mol. The molecule has 3 N–H and O–H groups in total. The minimum absolute atomic E-state index is 0.0387. The smallest absolute Gasteiger partial charge is 0.292 e. The first kappa shape index (κ1) is 18.6. The normalized spacial score (nSPS) is 11.8. The summed E-state index contributed by atoms with van der Waals surface area (Å²) < 4.78 is 27.6. The number of H-pyrrole nitrogens is 1. The lowest BCUT2D eigenvalue weighted by Gasteiger charge is -2.10. The summed E-state index contributed by atoms with van der Waals surface area (Å²) in [5.41, 5.74) is 3.71. The van der Waals surface area contributed by atoms with Crippen LogP contribution in [0.3, 0.4) is 0 Å². The van der Waals surface area contributed by atoms with Crippen LogP contribution in [-0.2, 0) is 11.2 Å². The summed E-state index contributed by atoms with van der Waals surface area (Å²) in [5.74, 6) is -1.82. The fourth-order valence-electron chi connectivity index (χ4n) is 2.13. The Morgan fingerprint density at radius 1 is 1.36 bits per heavy atom. The molecule has 11 heteroatoms. The van der Waals surface area contributed by atoms with Crippen molar-refractivity contribution in [3.05, 3.63) is 51.7 Å². The third-order valence-electron chi connectivity index (χ3n) is 3.27. The number of aromatic amines is 1. The van der Waals surface area contributed by atoms with E-state index in [2.05, 4.69) is 28.1 Å². The minimum Gasteiger partial charge on any atom is -0.292 e. The Bertz CT molecular complexity index is 851. The number of aromatic nitrogens is 3. The van der Waals surface area contributed by atoms with E-state index in [-0.39, 0.29) is 24.2 Å². The van der Waals surface area contributed by atoms with Crippen LogP contribution in [0.2, 0.25) is 0 Å². The SMILES string of the molecule is CC(CC(=O)NNC(=O)S)n1nc(Cc2ccc(F)cc2F)[nH]c1=O. The quantitative estimate of drug-likeness (QED) is 0.465. The average Bonchev–Trinajstić information content (AvgIpc) is 2.89. The predicted octanol–water partition coefficient (Wildman–Crippen LogP) is 1.06. The van der Waals surface area contributed by atoms with Gasteiger partial charge in [-0.05, 0) is 18.6 Å². The summed E-state index contributed by atoms with van der Waals surface area (Å²) in [6.07, 6.45) is -0.174. The number of hydrogen-bond donors (Lipinski definition) is 4. The zero-order valence-corrected chi connectivity index (χ0v) is 13.9. The Labute approximate surface area is 146 Å². The van der Waals surface area contributed by atoms with Crippen molar-refractivity contribution in [1.82, 2.24) is 25.6 Å². The summed E-state index contributed by atoms with van der Waals surface area (Å²) in [5, 5.41) is 3.29. The van der Waals surface area contributed by atoms with E-state index >= 15 is 0 Å². The summed E-state index contributed by atoms with van der Waals surface area (Å²) in [6, 6.07) is 2.50. The van der Waals surface area contributed by atoms with Gasteiger partial charge in [0.05, 0.1) is 12.5 Å². The number of nitrogens with zero attached hydrogens (tertiary/aromatic N) is 2. The number of carbonyl (C=O) groups is 2. The van der Waals surface area contributed by atoms with Gasteiger partial charge < -0.3 is 0 Å². The molecule has 0 fully saturated rings. The van der Waals surface area contributed by atoms with E-state index in [0.717, 1.165) is 16.8 Å². The molecule has 1 heterocycles. The molecule has 134 valence electrons. The maximum Gasteiger partial charge on any atom is 0.343 e. The van der Waals surface area contributed by atoms with Gasteiger partial charge in [-0.3, -0.25) is 25.4 Å². The molecular weight excluding hydrogens is 356 g/mol. The zero-order chi connectivity index (χ0) is 18.6. The average molecular weight is 371 g/mol. The van der Waals surface area contributed by atoms with Gasteiger partial charge in [-0.1, -0.05) is 18.7 Å². The first-order chi connectivity index (χ1) is 11.8. The second-order valence-corrected chi connectivity index (χ2v) is 5.67. The lowest BCUT2D eigenvalue weighted by Crippen LogP contribution is -2.40. The summed E-state index contributed by atoms with van der Waals surface area (Å²) in [4.78, 5) is 36.6. The molecule has 1 unspecified atom stereocenters. The van der Waals surface area contributed by atoms with Gasteiger partial charge in [0.15, 0.2) is 0 Å². The van der Waals surface area contributed by atoms with Gasteiger partial charge in [0, 0.05) is 12.5 Å². The minimum atomic E-state index is -0.745. The highest BCUT2D eigenvalue weighted by Crippen LogP contribution is 2.13. The molecule has 0 aliphatic carbocycles. The van der Waals surface area contributed by atoms with Gasteiger partial charge >= 0.3 is 5.69 Å². The molecule has 0 spiro atoms. The van der Waals surface area contributed by atoms with E-state index in [9.17, 15) is 23.2 Å². The number of benzene rings is 1. The maximum absolute atomic E-state index is 13.7. The topological polar surface area (TPSA) is 109 Å². The Morgan fingerprint density at radius 3 is 2.72 bits per heavy atom. The number of nitrogens with one attached hydrogen (secondary N) is 3. The van der Waals surface area contributed by atoms with Crippen LogP contribution in [0.15, 0.2) is 23.0 Å². The highest BCUT2D eigenvalue weighted by Gasteiger charge is 2.17. The summed E-state index contributed by atoms with van der Waals surface area (Å²) >= 11 is 3.42. The van der Waals surface area contributed by atoms with Crippen LogP contribution in [0.1, 0.15) is 30.8 Å². The maximum atomic E-state index is 13.7. The van der Waals surface area contributed by atoms with E-state index in [1.165, 1.54) is 6.07 Å². The van der Waals surface area contributed by atoms with Crippen molar-refractivity contribution in [3.8, 4) is 0 Å². The van der Waals surface area contributed by atoms with Crippen LogP contribution in [0, 0.1) is 11.6 Å². The fraction of sp³-hybridized carbons (Fsp3) is 0.286. The second-order valence-electron chi connectivity index (χ2n) is 5.27. The van der Waals surface area contributed by atoms with Crippen molar-refractivity contribution in [3.63, 3.8) is 0 Å². The largest absolute Gasteiger partial charge is 0.343 e. The molecule has 2 amide bonds. The molecule has 1 aromatic heterocycles. The number of thiol groups is 1. The summed E-state index contributed by atoms with van der Waals surface area (Å²) in [6.45, 7) is 1.58. The number of halogens is 2. The molecule has 8 nitrogen and oxygen atoms in total. The fourth-order valence-corrected chi connectivity index (χ4v) is 2.19.